The van der Waals surface area contributed by atoms with Crippen LogP contribution in [0.3, 0.4) is 0 Å². The Morgan fingerprint density at radius 3 is 2.29 bits per heavy atom. The van der Waals surface area contributed by atoms with E-state index in [4.69, 9.17) is 0 Å². The molecule has 0 bridgehead atoms. The summed E-state index contributed by atoms with van der Waals surface area (Å²) in [5.41, 5.74) is 0.993. The predicted molar refractivity (Wildman–Crippen MR) is 102 cm³/mol. The third-order valence-corrected chi connectivity index (χ3v) is 5.54. The van der Waals surface area contributed by atoms with Crippen LogP contribution in [-0.4, -0.2) is 46.0 Å². The Bertz CT molecular complexity index is 903. The van der Waals surface area contributed by atoms with Crippen molar-refractivity contribution in [2.24, 2.45) is 0 Å². The van der Waals surface area contributed by atoms with Crippen molar-refractivity contribution in [2.75, 3.05) is 31.1 Å². The first kappa shape index (κ1) is 18.8. The number of rotatable bonds is 4. The molecule has 146 valence electrons. The Balaban J connectivity index is 1.35. The number of hydrogen-bond donors (Lipinski definition) is 0. The van der Waals surface area contributed by atoms with E-state index in [1.165, 1.54) is 23.5 Å². The van der Waals surface area contributed by atoms with Crippen LogP contribution in [0.1, 0.15) is 11.3 Å². The van der Waals surface area contributed by atoms with Gasteiger partial charge in [-0.05, 0) is 18.2 Å². The number of aromatic nitrogens is 3. The average molecular weight is 405 g/mol. The molecule has 0 aliphatic carbocycles. The van der Waals surface area contributed by atoms with Gasteiger partial charge in [-0.25, -0.2) is 15.0 Å². The van der Waals surface area contributed by atoms with Crippen LogP contribution >= 0.6 is 11.3 Å². The average Bonchev–Trinajstić information content (AvgIpc) is 3.17. The first-order valence-corrected chi connectivity index (χ1v) is 9.73. The highest BCUT2D eigenvalue weighted by atomic mass is 32.1. The summed E-state index contributed by atoms with van der Waals surface area (Å²) in [6.45, 7) is 4.18. The topological polar surface area (TPSA) is 45.2 Å². The van der Waals surface area contributed by atoms with Gasteiger partial charge in [0.2, 0.25) is 5.95 Å². The number of anilines is 1. The van der Waals surface area contributed by atoms with Crippen molar-refractivity contribution in [3.05, 3.63) is 59.4 Å². The number of nitrogens with zero attached hydrogens (tertiary/aromatic N) is 5. The molecule has 0 unspecified atom stereocenters. The lowest BCUT2D eigenvalue weighted by Crippen LogP contribution is -2.46. The summed E-state index contributed by atoms with van der Waals surface area (Å²) >= 11 is 1.45. The molecule has 0 atom stereocenters. The monoisotopic (exact) mass is 405 g/mol. The molecule has 4 rings (SSSR count). The van der Waals surface area contributed by atoms with Gasteiger partial charge >= 0.3 is 6.18 Å². The van der Waals surface area contributed by atoms with Crippen LogP contribution in [-0.2, 0) is 12.7 Å². The molecule has 9 heteroatoms. The molecule has 1 saturated heterocycles. The van der Waals surface area contributed by atoms with E-state index in [9.17, 15) is 13.2 Å². The predicted octanol–water partition coefficient (Wildman–Crippen LogP) is 3.94. The van der Waals surface area contributed by atoms with E-state index < -0.39 is 11.7 Å². The van der Waals surface area contributed by atoms with Crippen LogP contribution in [0.15, 0.2) is 48.1 Å². The highest BCUT2D eigenvalue weighted by molar-refractivity contribution is 7.13. The minimum Gasteiger partial charge on any atom is -0.338 e. The lowest BCUT2D eigenvalue weighted by atomic mass is 10.1. The van der Waals surface area contributed by atoms with Gasteiger partial charge in [0.1, 0.15) is 5.01 Å². The minimum absolute atomic E-state index is 0.645. The third kappa shape index (κ3) is 4.31. The molecule has 3 aromatic rings. The molecular formula is C19H18F3N5S. The molecule has 0 saturated carbocycles. The van der Waals surface area contributed by atoms with Crippen LogP contribution in [0.4, 0.5) is 19.1 Å². The maximum Gasteiger partial charge on any atom is 0.416 e. The Morgan fingerprint density at radius 2 is 1.64 bits per heavy atom. The summed E-state index contributed by atoms with van der Waals surface area (Å²) in [5.74, 6) is 0.750. The number of hydrogen-bond acceptors (Lipinski definition) is 6. The first-order chi connectivity index (χ1) is 13.5. The number of benzene rings is 1. The largest absolute Gasteiger partial charge is 0.416 e. The standard InChI is InChI=1S/C19H18F3N5S/c20-19(21,22)15-4-2-14(3-5-15)17-25-16(13-28-17)12-26-8-10-27(11-9-26)18-23-6-1-7-24-18/h1-7,13H,8-12H2. The third-order valence-electron chi connectivity index (χ3n) is 4.60. The molecule has 1 aliphatic rings. The van der Waals surface area contributed by atoms with Crippen molar-refractivity contribution < 1.29 is 13.2 Å². The second-order valence-corrected chi connectivity index (χ2v) is 7.39. The maximum absolute atomic E-state index is 12.7. The van der Waals surface area contributed by atoms with E-state index in [-0.39, 0.29) is 0 Å². The molecule has 3 heterocycles. The van der Waals surface area contributed by atoms with Gasteiger partial charge in [-0.3, -0.25) is 4.90 Å². The zero-order valence-corrected chi connectivity index (χ0v) is 15.7. The summed E-state index contributed by atoms with van der Waals surface area (Å²) in [5, 5.41) is 2.71. The van der Waals surface area contributed by atoms with Gasteiger partial charge < -0.3 is 4.90 Å². The van der Waals surface area contributed by atoms with Crippen molar-refractivity contribution in [1.82, 2.24) is 19.9 Å². The summed E-state index contributed by atoms with van der Waals surface area (Å²) in [6, 6.07) is 6.95. The maximum atomic E-state index is 12.7. The Hall–Kier alpha value is -2.52. The van der Waals surface area contributed by atoms with Gasteiger partial charge in [0.25, 0.3) is 0 Å². The zero-order chi connectivity index (χ0) is 19.6. The molecule has 5 nitrogen and oxygen atoms in total. The minimum atomic E-state index is -4.32. The summed E-state index contributed by atoms with van der Waals surface area (Å²) in [6.07, 6.45) is -0.834. The van der Waals surface area contributed by atoms with E-state index in [1.54, 1.807) is 18.5 Å². The molecule has 0 spiro atoms. The van der Waals surface area contributed by atoms with Gasteiger partial charge in [0.15, 0.2) is 0 Å². The fourth-order valence-electron chi connectivity index (χ4n) is 3.10. The fraction of sp³-hybridized carbons (Fsp3) is 0.316. The Morgan fingerprint density at radius 1 is 0.964 bits per heavy atom. The van der Waals surface area contributed by atoms with E-state index in [2.05, 4.69) is 24.8 Å². The van der Waals surface area contributed by atoms with Gasteiger partial charge in [-0.2, -0.15) is 13.2 Å². The first-order valence-electron chi connectivity index (χ1n) is 8.85. The lowest BCUT2D eigenvalue weighted by molar-refractivity contribution is -0.137. The smallest absolute Gasteiger partial charge is 0.338 e. The number of piperazine rings is 1. The van der Waals surface area contributed by atoms with Crippen LogP contribution in [0, 0.1) is 0 Å². The molecular weight excluding hydrogens is 387 g/mol. The normalized spacial score (nSPS) is 15.8. The van der Waals surface area contributed by atoms with E-state index in [0.717, 1.165) is 61.5 Å². The highest BCUT2D eigenvalue weighted by Crippen LogP contribution is 2.32. The number of alkyl halides is 3. The zero-order valence-electron chi connectivity index (χ0n) is 14.9. The molecule has 0 amide bonds. The fourth-order valence-corrected chi connectivity index (χ4v) is 3.92. The van der Waals surface area contributed by atoms with Crippen molar-refractivity contribution in [3.8, 4) is 10.6 Å². The van der Waals surface area contributed by atoms with Gasteiger partial charge in [0.05, 0.1) is 11.3 Å². The summed E-state index contributed by atoms with van der Waals surface area (Å²) < 4.78 is 38.1. The van der Waals surface area contributed by atoms with Crippen LogP contribution in [0.2, 0.25) is 0 Å². The number of thiazole rings is 1. The molecule has 0 radical (unpaired) electrons. The molecule has 1 fully saturated rings. The quantitative estimate of drug-likeness (QED) is 0.658. The van der Waals surface area contributed by atoms with Gasteiger partial charge in [0, 0.05) is 56.1 Å². The summed E-state index contributed by atoms with van der Waals surface area (Å²) in [7, 11) is 0. The van der Waals surface area contributed by atoms with Gasteiger partial charge in [-0.15, -0.1) is 11.3 Å². The molecule has 1 aliphatic heterocycles. The van der Waals surface area contributed by atoms with Crippen LogP contribution in [0.5, 0.6) is 0 Å². The van der Waals surface area contributed by atoms with Crippen molar-refractivity contribution in [1.29, 1.82) is 0 Å². The van der Waals surface area contributed by atoms with Crippen molar-refractivity contribution in [3.63, 3.8) is 0 Å². The molecule has 2 aromatic heterocycles. The Kier molecular flexibility index (Phi) is 5.27. The SMILES string of the molecule is FC(F)(F)c1ccc(-c2nc(CN3CCN(c4ncccn4)CC3)cs2)cc1. The second kappa shape index (κ2) is 7.84. The molecule has 1 aromatic carbocycles. The van der Waals surface area contributed by atoms with E-state index in [0.29, 0.717) is 5.56 Å². The summed E-state index contributed by atoms with van der Waals surface area (Å²) in [4.78, 5) is 17.6. The Labute approximate surface area is 164 Å². The van der Waals surface area contributed by atoms with Crippen LogP contribution in [0.25, 0.3) is 10.6 Å². The molecule has 0 N–H and O–H groups in total. The number of halogens is 3. The van der Waals surface area contributed by atoms with Crippen molar-refractivity contribution in [2.45, 2.75) is 12.7 Å². The van der Waals surface area contributed by atoms with Gasteiger partial charge in [-0.1, -0.05) is 12.1 Å². The van der Waals surface area contributed by atoms with E-state index in [1.807, 2.05) is 5.38 Å². The van der Waals surface area contributed by atoms with Crippen LogP contribution < -0.4 is 4.90 Å². The van der Waals surface area contributed by atoms with E-state index >= 15 is 0 Å². The van der Waals surface area contributed by atoms with Crippen molar-refractivity contribution >= 4 is 17.3 Å². The lowest BCUT2D eigenvalue weighted by Gasteiger charge is -2.34. The molecule has 28 heavy (non-hydrogen) atoms. The highest BCUT2D eigenvalue weighted by Gasteiger charge is 2.30. The second-order valence-electron chi connectivity index (χ2n) is 6.53.